The van der Waals surface area contributed by atoms with E-state index >= 15 is 0 Å². The minimum Gasteiger partial charge on any atom is -0.379 e. The van der Waals surface area contributed by atoms with Crippen molar-refractivity contribution in [3.8, 4) is 0 Å². The Morgan fingerprint density at radius 1 is 1.04 bits per heavy atom. The predicted molar refractivity (Wildman–Crippen MR) is 89.6 cm³/mol. The molecule has 1 heterocycles. The third kappa shape index (κ3) is 4.09. The van der Waals surface area contributed by atoms with Gasteiger partial charge in [0.1, 0.15) is 0 Å². The number of aliphatic imine (C=N–C) groups is 1. The van der Waals surface area contributed by atoms with Crippen LogP contribution in [0.2, 0.25) is 0 Å². The summed E-state index contributed by atoms with van der Waals surface area (Å²) in [4.78, 5) is 4.28. The summed E-state index contributed by atoms with van der Waals surface area (Å²) in [6, 6.07) is 9.59. The lowest BCUT2D eigenvalue weighted by Gasteiger charge is -2.26. The van der Waals surface area contributed by atoms with E-state index in [2.05, 4.69) is 4.99 Å². The molecule has 2 aromatic carbocycles. The van der Waals surface area contributed by atoms with Gasteiger partial charge in [0.15, 0.2) is 11.6 Å². The first kappa shape index (κ1) is 17.7. The fourth-order valence-electron chi connectivity index (χ4n) is 2.40. The van der Waals surface area contributed by atoms with Crippen molar-refractivity contribution in [3.63, 3.8) is 0 Å². The van der Waals surface area contributed by atoms with Crippen LogP contribution in [0.5, 0.6) is 0 Å². The van der Waals surface area contributed by atoms with Gasteiger partial charge in [-0.1, -0.05) is 12.1 Å². The van der Waals surface area contributed by atoms with Gasteiger partial charge in [0.25, 0.3) is 0 Å². The number of sulfonamides is 1. The maximum atomic E-state index is 13.2. The van der Waals surface area contributed by atoms with Gasteiger partial charge in [-0.3, -0.25) is 4.99 Å². The molecule has 8 heteroatoms. The van der Waals surface area contributed by atoms with E-state index in [9.17, 15) is 17.2 Å². The molecule has 0 aliphatic carbocycles. The third-order valence-electron chi connectivity index (χ3n) is 3.73. The smallest absolute Gasteiger partial charge is 0.243 e. The molecule has 0 bridgehead atoms. The Morgan fingerprint density at radius 2 is 1.80 bits per heavy atom. The molecule has 0 N–H and O–H groups in total. The largest absolute Gasteiger partial charge is 0.379 e. The highest BCUT2D eigenvalue weighted by Crippen LogP contribution is 2.22. The standard InChI is InChI=1S/C17H16F2N2O3S/c18-16-5-4-13(10-17(16)19)12-20-14-2-1-3-15(11-14)25(22,23)21-6-8-24-9-7-21/h1-5,10-12H,6-9H2. The Bertz CT molecular complexity index is 895. The molecule has 2 aromatic rings. The summed E-state index contributed by atoms with van der Waals surface area (Å²) in [7, 11) is -3.61. The minimum atomic E-state index is -3.61. The molecule has 132 valence electrons. The monoisotopic (exact) mass is 366 g/mol. The maximum absolute atomic E-state index is 13.2. The second-order valence-electron chi connectivity index (χ2n) is 5.45. The zero-order chi connectivity index (χ0) is 17.9. The maximum Gasteiger partial charge on any atom is 0.243 e. The number of ether oxygens (including phenoxy) is 1. The van der Waals surface area contributed by atoms with E-state index in [0.717, 1.165) is 12.1 Å². The first-order valence-electron chi connectivity index (χ1n) is 7.64. The molecule has 0 spiro atoms. The molecule has 3 rings (SSSR count). The number of hydrogen-bond donors (Lipinski definition) is 0. The van der Waals surface area contributed by atoms with Crippen LogP contribution in [-0.4, -0.2) is 45.2 Å². The molecule has 5 nitrogen and oxygen atoms in total. The van der Waals surface area contributed by atoms with Crippen LogP contribution in [0, 0.1) is 11.6 Å². The Hall–Kier alpha value is -2.16. The second-order valence-corrected chi connectivity index (χ2v) is 7.38. The van der Waals surface area contributed by atoms with E-state index in [-0.39, 0.29) is 4.90 Å². The first-order valence-corrected chi connectivity index (χ1v) is 9.08. The zero-order valence-corrected chi connectivity index (χ0v) is 14.0. The molecular formula is C17H16F2N2O3S. The van der Waals surface area contributed by atoms with E-state index in [1.807, 2.05) is 0 Å². The van der Waals surface area contributed by atoms with Crippen LogP contribution < -0.4 is 0 Å². The minimum absolute atomic E-state index is 0.134. The van der Waals surface area contributed by atoms with Crippen LogP contribution in [-0.2, 0) is 14.8 Å². The second kappa shape index (κ2) is 7.38. The van der Waals surface area contributed by atoms with Crippen LogP contribution in [0.3, 0.4) is 0 Å². The van der Waals surface area contributed by atoms with Gasteiger partial charge in [0.2, 0.25) is 10.0 Å². The molecule has 0 aromatic heterocycles. The van der Waals surface area contributed by atoms with Gasteiger partial charge in [-0.2, -0.15) is 4.31 Å². The van der Waals surface area contributed by atoms with E-state index in [1.54, 1.807) is 12.1 Å². The van der Waals surface area contributed by atoms with Gasteiger partial charge in [-0.05, 0) is 35.9 Å². The third-order valence-corrected chi connectivity index (χ3v) is 5.63. The van der Waals surface area contributed by atoms with Gasteiger partial charge in [-0.25, -0.2) is 17.2 Å². The molecule has 1 saturated heterocycles. The van der Waals surface area contributed by atoms with Gasteiger partial charge in [0.05, 0.1) is 23.8 Å². The van der Waals surface area contributed by atoms with E-state index in [1.165, 1.54) is 28.7 Å². The van der Waals surface area contributed by atoms with E-state index < -0.39 is 21.7 Å². The van der Waals surface area contributed by atoms with Crippen molar-refractivity contribution in [1.82, 2.24) is 4.31 Å². The topological polar surface area (TPSA) is 59.0 Å². The Kier molecular flexibility index (Phi) is 5.22. The summed E-state index contributed by atoms with van der Waals surface area (Å²) in [6.45, 7) is 1.36. The van der Waals surface area contributed by atoms with Crippen molar-refractivity contribution >= 4 is 21.9 Å². The summed E-state index contributed by atoms with van der Waals surface area (Å²) in [5, 5.41) is 0. The Balaban J connectivity index is 1.83. The summed E-state index contributed by atoms with van der Waals surface area (Å²) in [5.41, 5.74) is 0.777. The Labute approximate surface area is 144 Å². The van der Waals surface area contributed by atoms with E-state index in [4.69, 9.17) is 4.74 Å². The summed E-state index contributed by atoms with van der Waals surface area (Å²) >= 11 is 0. The highest BCUT2D eigenvalue weighted by atomic mass is 32.2. The Morgan fingerprint density at radius 3 is 2.52 bits per heavy atom. The first-order chi connectivity index (χ1) is 12.0. The van der Waals surface area contributed by atoms with Crippen LogP contribution in [0.1, 0.15) is 5.56 Å². The molecule has 1 fully saturated rings. The highest BCUT2D eigenvalue weighted by molar-refractivity contribution is 7.89. The van der Waals surface area contributed by atoms with Gasteiger partial charge in [0, 0.05) is 19.3 Å². The van der Waals surface area contributed by atoms with Crippen molar-refractivity contribution in [1.29, 1.82) is 0 Å². The quantitative estimate of drug-likeness (QED) is 0.782. The average molecular weight is 366 g/mol. The lowest BCUT2D eigenvalue weighted by molar-refractivity contribution is 0.0730. The molecule has 1 aliphatic rings. The van der Waals surface area contributed by atoms with Gasteiger partial charge >= 0.3 is 0 Å². The summed E-state index contributed by atoms with van der Waals surface area (Å²) in [5.74, 6) is -1.90. The van der Waals surface area contributed by atoms with E-state index in [0.29, 0.717) is 37.6 Å². The lowest BCUT2D eigenvalue weighted by Crippen LogP contribution is -2.40. The van der Waals surface area contributed by atoms with Crippen LogP contribution >= 0.6 is 0 Å². The summed E-state index contributed by atoms with van der Waals surface area (Å²) < 4.78 is 57.9. The molecule has 0 atom stereocenters. The van der Waals surface area contributed by atoms with Crippen LogP contribution in [0.15, 0.2) is 52.4 Å². The number of halogens is 2. The zero-order valence-electron chi connectivity index (χ0n) is 13.2. The molecule has 0 amide bonds. The number of morpholine rings is 1. The SMILES string of the molecule is O=S(=O)(c1cccc(N=Cc2ccc(F)c(F)c2)c1)N1CCOCC1. The van der Waals surface area contributed by atoms with Crippen molar-refractivity contribution < 1.29 is 21.9 Å². The fourth-order valence-corrected chi connectivity index (χ4v) is 3.85. The number of hydrogen-bond acceptors (Lipinski definition) is 4. The molecule has 25 heavy (non-hydrogen) atoms. The summed E-state index contributed by atoms with van der Waals surface area (Å²) in [6.07, 6.45) is 1.35. The number of benzene rings is 2. The normalized spacial score (nSPS) is 16.4. The van der Waals surface area contributed by atoms with Crippen molar-refractivity contribution in [3.05, 3.63) is 59.7 Å². The van der Waals surface area contributed by atoms with Crippen molar-refractivity contribution in [2.24, 2.45) is 4.99 Å². The van der Waals surface area contributed by atoms with Gasteiger partial charge < -0.3 is 4.74 Å². The fraction of sp³-hybridized carbons (Fsp3) is 0.235. The van der Waals surface area contributed by atoms with Crippen molar-refractivity contribution in [2.75, 3.05) is 26.3 Å². The van der Waals surface area contributed by atoms with Crippen LogP contribution in [0.25, 0.3) is 0 Å². The van der Waals surface area contributed by atoms with Crippen molar-refractivity contribution in [2.45, 2.75) is 4.90 Å². The molecule has 0 unspecified atom stereocenters. The average Bonchev–Trinajstić information content (AvgIpc) is 2.64. The van der Waals surface area contributed by atoms with Crippen LogP contribution in [0.4, 0.5) is 14.5 Å². The highest BCUT2D eigenvalue weighted by Gasteiger charge is 2.26. The predicted octanol–water partition coefficient (Wildman–Crippen LogP) is 2.74. The number of nitrogens with zero attached hydrogens (tertiary/aromatic N) is 2. The van der Waals surface area contributed by atoms with Gasteiger partial charge in [-0.15, -0.1) is 0 Å². The lowest BCUT2D eigenvalue weighted by atomic mass is 10.2. The molecule has 1 aliphatic heterocycles. The molecule has 0 radical (unpaired) electrons. The number of rotatable bonds is 4. The molecular weight excluding hydrogens is 350 g/mol. The molecule has 0 saturated carbocycles.